The molecule has 0 radical (unpaired) electrons. The Morgan fingerprint density at radius 3 is 2.35 bits per heavy atom. The summed E-state index contributed by atoms with van der Waals surface area (Å²) in [6.07, 6.45) is 1.65. The molecule has 1 heterocycles. The molecule has 2 rings (SSSR count). The van der Waals surface area contributed by atoms with Crippen LogP contribution in [0.4, 0.5) is 0 Å². The first-order valence-corrected chi connectivity index (χ1v) is 7.68. The van der Waals surface area contributed by atoms with E-state index in [1.54, 1.807) is 23.2 Å². The second kappa shape index (κ2) is 8.29. The number of hydrogen-bond acceptors (Lipinski definition) is 3. The summed E-state index contributed by atoms with van der Waals surface area (Å²) in [5, 5.41) is 0. The molecule has 23 heavy (non-hydrogen) atoms. The first kappa shape index (κ1) is 17.0. The zero-order valence-corrected chi connectivity index (χ0v) is 13.7. The summed E-state index contributed by atoms with van der Waals surface area (Å²) in [7, 11) is 3.96. The predicted octanol–water partition coefficient (Wildman–Crippen LogP) is 1.44. The van der Waals surface area contributed by atoms with E-state index in [4.69, 9.17) is 0 Å². The fourth-order valence-electron chi connectivity index (χ4n) is 2.25. The molecule has 0 bridgehead atoms. The van der Waals surface area contributed by atoms with Gasteiger partial charge in [-0.25, -0.2) is 0 Å². The van der Waals surface area contributed by atoms with Crippen LogP contribution in [-0.4, -0.2) is 47.5 Å². The second-order valence-electron chi connectivity index (χ2n) is 5.77. The minimum atomic E-state index is -0.159. The van der Waals surface area contributed by atoms with Crippen molar-refractivity contribution in [1.82, 2.24) is 14.4 Å². The molecule has 122 valence electrons. The second-order valence-corrected chi connectivity index (χ2v) is 5.77. The Bertz CT molecular complexity index is 680. The molecule has 0 saturated heterocycles. The number of nitrogens with zero attached hydrogens (tertiary/aromatic N) is 3. The number of aromatic nitrogens is 1. The van der Waals surface area contributed by atoms with Crippen molar-refractivity contribution in [2.45, 2.75) is 13.1 Å². The van der Waals surface area contributed by atoms with Gasteiger partial charge in [-0.1, -0.05) is 36.4 Å². The van der Waals surface area contributed by atoms with Crippen LogP contribution in [0.25, 0.3) is 0 Å². The van der Waals surface area contributed by atoms with E-state index in [0.717, 1.165) is 12.1 Å². The third kappa shape index (κ3) is 5.38. The SMILES string of the molecule is CN(C)CCN(Cc1ccccc1)C(=O)Cn1ccccc1=O. The van der Waals surface area contributed by atoms with Crippen LogP contribution in [-0.2, 0) is 17.9 Å². The number of carbonyl (C=O) groups is 1. The molecule has 1 aromatic heterocycles. The van der Waals surface area contributed by atoms with Crippen molar-refractivity contribution in [3.8, 4) is 0 Å². The Labute approximate surface area is 136 Å². The van der Waals surface area contributed by atoms with Crippen molar-refractivity contribution in [3.05, 3.63) is 70.6 Å². The van der Waals surface area contributed by atoms with Gasteiger partial charge in [0, 0.05) is 31.9 Å². The Balaban J connectivity index is 2.10. The van der Waals surface area contributed by atoms with E-state index in [1.807, 2.05) is 49.3 Å². The third-order valence-corrected chi connectivity index (χ3v) is 3.59. The molecule has 0 spiro atoms. The van der Waals surface area contributed by atoms with Crippen molar-refractivity contribution in [3.63, 3.8) is 0 Å². The van der Waals surface area contributed by atoms with Gasteiger partial charge in [-0.2, -0.15) is 0 Å². The smallest absolute Gasteiger partial charge is 0.250 e. The van der Waals surface area contributed by atoms with Gasteiger partial charge in [0.1, 0.15) is 6.54 Å². The molecule has 1 amide bonds. The molecule has 0 unspecified atom stereocenters. The number of rotatable bonds is 7. The van der Waals surface area contributed by atoms with Gasteiger partial charge >= 0.3 is 0 Å². The molecule has 0 saturated carbocycles. The highest BCUT2D eigenvalue weighted by Gasteiger charge is 2.15. The Kier molecular flexibility index (Phi) is 6.11. The standard InChI is InChI=1S/C18H23N3O2/c1-19(2)12-13-21(14-16-8-4-3-5-9-16)18(23)15-20-11-7-6-10-17(20)22/h3-11H,12-15H2,1-2H3. The van der Waals surface area contributed by atoms with Crippen molar-refractivity contribution < 1.29 is 4.79 Å². The van der Waals surface area contributed by atoms with E-state index in [0.29, 0.717) is 13.1 Å². The van der Waals surface area contributed by atoms with Crippen LogP contribution in [0.5, 0.6) is 0 Å². The molecular weight excluding hydrogens is 290 g/mol. The van der Waals surface area contributed by atoms with Crippen molar-refractivity contribution in [1.29, 1.82) is 0 Å². The largest absolute Gasteiger partial charge is 0.336 e. The molecule has 5 nitrogen and oxygen atoms in total. The first-order valence-electron chi connectivity index (χ1n) is 7.68. The van der Waals surface area contributed by atoms with E-state index in [1.165, 1.54) is 10.6 Å². The van der Waals surface area contributed by atoms with Gasteiger partial charge in [0.2, 0.25) is 5.91 Å². The number of amides is 1. The Morgan fingerprint density at radius 2 is 1.70 bits per heavy atom. The number of hydrogen-bond donors (Lipinski definition) is 0. The number of carbonyl (C=O) groups excluding carboxylic acids is 1. The van der Waals surface area contributed by atoms with Crippen molar-refractivity contribution >= 4 is 5.91 Å². The fourth-order valence-corrected chi connectivity index (χ4v) is 2.25. The monoisotopic (exact) mass is 313 g/mol. The minimum absolute atomic E-state index is 0.0518. The topological polar surface area (TPSA) is 45.5 Å². The predicted molar refractivity (Wildman–Crippen MR) is 91.1 cm³/mol. The average molecular weight is 313 g/mol. The minimum Gasteiger partial charge on any atom is -0.336 e. The summed E-state index contributed by atoms with van der Waals surface area (Å²) in [6.45, 7) is 2.03. The van der Waals surface area contributed by atoms with E-state index in [2.05, 4.69) is 0 Å². The Morgan fingerprint density at radius 1 is 1.00 bits per heavy atom. The van der Waals surface area contributed by atoms with Crippen LogP contribution < -0.4 is 5.56 Å². The van der Waals surface area contributed by atoms with Crippen molar-refractivity contribution in [2.24, 2.45) is 0 Å². The van der Waals surface area contributed by atoms with Gasteiger partial charge in [0.15, 0.2) is 0 Å². The lowest BCUT2D eigenvalue weighted by Gasteiger charge is -2.25. The molecule has 2 aromatic rings. The molecule has 1 aromatic carbocycles. The zero-order chi connectivity index (χ0) is 16.7. The molecule has 0 fully saturated rings. The normalized spacial score (nSPS) is 10.7. The third-order valence-electron chi connectivity index (χ3n) is 3.59. The van der Waals surface area contributed by atoms with Crippen LogP contribution in [0.3, 0.4) is 0 Å². The Hall–Kier alpha value is -2.40. The van der Waals surface area contributed by atoms with E-state index < -0.39 is 0 Å². The summed E-state index contributed by atoms with van der Waals surface area (Å²) in [6, 6.07) is 14.8. The van der Waals surface area contributed by atoms with Gasteiger partial charge in [0.25, 0.3) is 5.56 Å². The molecule has 0 aliphatic heterocycles. The van der Waals surface area contributed by atoms with Crippen LogP contribution >= 0.6 is 0 Å². The molecular formula is C18H23N3O2. The lowest BCUT2D eigenvalue weighted by molar-refractivity contribution is -0.132. The number of pyridine rings is 1. The average Bonchev–Trinajstić information content (AvgIpc) is 2.54. The first-order chi connectivity index (χ1) is 11.1. The van der Waals surface area contributed by atoms with Crippen LogP contribution in [0.15, 0.2) is 59.5 Å². The maximum absolute atomic E-state index is 12.6. The van der Waals surface area contributed by atoms with Crippen LogP contribution in [0, 0.1) is 0 Å². The summed E-state index contributed by atoms with van der Waals surface area (Å²) in [5.41, 5.74) is 0.924. The number of benzene rings is 1. The quantitative estimate of drug-likeness (QED) is 0.777. The van der Waals surface area contributed by atoms with E-state index in [-0.39, 0.29) is 18.0 Å². The van der Waals surface area contributed by atoms with Gasteiger partial charge in [-0.15, -0.1) is 0 Å². The van der Waals surface area contributed by atoms with Crippen LogP contribution in [0.2, 0.25) is 0 Å². The molecule has 5 heteroatoms. The molecule has 0 N–H and O–H groups in total. The maximum atomic E-state index is 12.6. The van der Waals surface area contributed by atoms with Gasteiger partial charge < -0.3 is 14.4 Å². The van der Waals surface area contributed by atoms with Gasteiger partial charge in [-0.05, 0) is 25.7 Å². The summed E-state index contributed by atoms with van der Waals surface area (Å²) >= 11 is 0. The summed E-state index contributed by atoms with van der Waals surface area (Å²) < 4.78 is 1.44. The van der Waals surface area contributed by atoms with Gasteiger partial charge in [-0.3, -0.25) is 9.59 Å². The number of likely N-dealkylation sites (N-methyl/N-ethyl adjacent to an activating group) is 1. The van der Waals surface area contributed by atoms with E-state index in [9.17, 15) is 9.59 Å². The van der Waals surface area contributed by atoms with E-state index >= 15 is 0 Å². The molecule has 0 aliphatic carbocycles. The van der Waals surface area contributed by atoms with Crippen molar-refractivity contribution in [2.75, 3.05) is 27.2 Å². The highest BCUT2D eigenvalue weighted by molar-refractivity contribution is 5.76. The van der Waals surface area contributed by atoms with Gasteiger partial charge in [0.05, 0.1) is 0 Å². The highest BCUT2D eigenvalue weighted by Crippen LogP contribution is 2.05. The summed E-state index contributed by atoms with van der Waals surface area (Å²) in [5.74, 6) is -0.0518. The highest BCUT2D eigenvalue weighted by atomic mass is 16.2. The lowest BCUT2D eigenvalue weighted by atomic mass is 10.2. The summed E-state index contributed by atoms with van der Waals surface area (Å²) in [4.78, 5) is 28.3. The maximum Gasteiger partial charge on any atom is 0.250 e. The van der Waals surface area contributed by atoms with Crippen LogP contribution in [0.1, 0.15) is 5.56 Å². The molecule has 0 aliphatic rings. The zero-order valence-electron chi connectivity index (χ0n) is 13.7. The fraction of sp³-hybridized carbons (Fsp3) is 0.333. The molecule has 0 atom stereocenters. The lowest BCUT2D eigenvalue weighted by Crippen LogP contribution is -2.39.